The maximum atomic E-state index is 5.87. The van der Waals surface area contributed by atoms with Crippen LogP contribution in [0.5, 0.6) is 0 Å². The van der Waals surface area contributed by atoms with Gasteiger partial charge < -0.3 is 5.73 Å². The van der Waals surface area contributed by atoms with Crippen LogP contribution < -0.4 is 5.73 Å². The predicted molar refractivity (Wildman–Crippen MR) is 84.2 cm³/mol. The Bertz CT molecular complexity index is 592. The van der Waals surface area contributed by atoms with Gasteiger partial charge in [-0.2, -0.15) is 0 Å². The van der Waals surface area contributed by atoms with E-state index < -0.39 is 0 Å². The standard InChI is InChI=1S/C16H19NS/c1-4-6-7-11(3)16-13(5-2)14-10-12(17)8-9-15(14)18-16/h4-6,8-11H,2,7,17H2,1,3H3. The Morgan fingerprint density at radius 3 is 2.89 bits per heavy atom. The van der Waals surface area contributed by atoms with Crippen LogP contribution in [0.3, 0.4) is 0 Å². The minimum absolute atomic E-state index is 0.521. The molecule has 0 aliphatic rings. The van der Waals surface area contributed by atoms with Crippen molar-refractivity contribution in [3.63, 3.8) is 0 Å². The van der Waals surface area contributed by atoms with Crippen molar-refractivity contribution in [3.05, 3.63) is 47.4 Å². The number of hydrogen-bond acceptors (Lipinski definition) is 2. The molecule has 2 heteroatoms. The lowest BCUT2D eigenvalue weighted by molar-refractivity contribution is 0.796. The van der Waals surface area contributed by atoms with Gasteiger partial charge in [-0.25, -0.2) is 0 Å². The lowest BCUT2D eigenvalue weighted by atomic mass is 10.00. The largest absolute Gasteiger partial charge is 0.399 e. The van der Waals surface area contributed by atoms with Gasteiger partial charge in [-0.1, -0.05) is 31.7 Å². The molecular weight excluding hydrogens is 238 g/mol. The van der Waals surface area contributed by atoms with E-state index in [2.05, 4.69) is 44.7 Å². The zero-order valence-corrected chi connectivity index (χ0v) is 11.8. The third-order valence-electron chi connectivity index (χ3n) is 3.16. The summed E-state index contributed by atoms with van der Waals surface area (Å²) in [6.07, 6.45) is 7.35. The van der Waals surface area contributed by atoms with Crippen LogP contribution in [0, 0.1) is 0 Å². The fourth-order valence-corrected chi connectivity index (χ4v) is 3.43. The summed E-state index contributed by atoms with van der Waals surface area (Å²) in [6.45, 7) is 8.28. The molecule has 1 aromatic heterocycles. The monoisotopic (exact) mass is 257 g/mol. The van der Waals surface area contributed by atoms with Crippen molar-refractivity contribution in [2.45, 2.75) is 26.2 Å². The summed E-state index contributed by atoms with van der Waals surface area (Å²) in [5.41, 5.74) is 7.94. The van der Waals surface area contributed by atoms with Crippen LogP contribution in [0.1, 0.15) is 36.6 Å². The van der Waals surface area contributed by atoms with Gasteiger partial charge in [-0.3, -0.25) is 0 Å². The van der Waals surface area contributed by atoms with Gasteiger partial charge >= 0.3 is 0 Å². The fourth-order valence-electron chi connectivity index (χ4n) is 2.18. The van der Waals surface area contributed by atoms with E-state index >= 15 is 0 Å². The molecule has 1 unspecified atom stereocenters. The van der Waals surface area contributed by atoms with Crippen molar-refractivity contribution in [2.24, 2.45) is 0 Å². The quantitative estimate of drug-likeness (QED) is 0.591. The highest BCUT2D eigenvalue weighted by atomic mass is 32.1. The van der Waals surface area contributed by atoms with Gasteiger partial charge in [0, 0.05) is 20.7 Å². The molecule has 0 saturated carbocycles. The number of rotatable bonds is 4. The van der Waals surface area contributed by atoms with Gasteiger partial charge in [0.05, 0.1) is 0 Å². The molecule has 0 bridgehead atoms. The Balaban J connectivity index is 2.53. The number of benzene rings is 1. The van der Waals surface area contributed by atoms with E-state index in [4.69, 9.17) is 5.73 Å². The topological polar surface area (TPSA) is 26.0 Å². The van der Waals surface area contributed by atoms with Crippen molar-refractivity contribution < 1.29 is 0 Å². The third kappa shape index (κ3) is 2.34. The lowest BCUT2D eigenvalue weighted by Gasteiger charge is -2.07. The minimum atomic E-state index is 0.521. The molecule has 18 heavy (non-hydrogen) atoms. The second kappa shape index (κ2) is 5.40. The summed E-state index contributed by atoms with van der Waals surface area (Å²) >= 11 is 1.86. The van der Waals surface area contributed by atoms with Gasteiger partial charge in [0.2, 0.25) is 0 Å². The Morgan fingerprint density at radius 1 is 1.44 bits per heavy atom. The van der Waals surface area contributed by atoms with E-state index in [-0.39, 0.29) is 0 Å². The Labute approximate surface area is 113 Å². The fraction of sp³-hybridized carbons (Fsp3) is 0.250. The Morgan fingerprint density at radius 2 is 2.22 bits per heavy atom. The molecule has 0 saturated heterocycles. The van der Waals surface area contributed by atoms with Crippen molar-refractivity contribution in [1.29, 1.82) is 0 Å². The first-order valence-corrected chi connectivity index (χ1v) is 7.04. The third-order valence-corrected chi connectivity index (χ3v) is 4.57. The number of nitrogens with two attached hydrogens (primary N) is 1. The number of nitrogen functional groups attached to an aromatic ring is 1. The van der Waals surface area contributed by atoms with Gasteiger partial charge in [0.1, 0.15) is 0 Å². The summed E-state index contributed by atoms with van der Waals surface area (Å²) in [5, 5.41) is 1.23. The average Bonchev–Trinajstić information content (AvgIpc) is 2.73. The molecule has 0 spiro atoms. The van der Waals surface area contributed by atoms with Crippen LogP contribution in [0.2, 0.25) is 0 Å². The molecule has 1 nitrogen and oxygen atoms in total. The highest BCUT2D eigenvalue weighted by molar-refractivity contribution is 7.19. The molecule has 94 valence electrons. The summed E-state index contributed by atoms with van der Waals surface area (Å²) in [4.78, 5) is 1.41. The number of fused-ring (bicyclic) bond motifs is 1. The highest BCUT2D eigenvalue weighted by Crippen LogP contribution is 2.38. The zero-order valence-electron chi connectivity index (χ0n) is 10.9. The molecular formula is C16H19NS. The van der Waals surface area contributed by atoms with Crippen molar-refractivity contribution in [2.75, 3.05) is 5.73 Å². The molecule has 0 radical (unpaired) electrons. The first-order valence-electron chi connectivity index (χ1n) is 6.23. The van der Waals surface area contributed by atoms with Crippen LogP contribution in [-0.4, -0.2) is 0 Å². The zero-order chi connectivity index (χ0) is 13.1. The van der Waals surface area contributed by atoms with Crippen molar-refractivity contribution in [1.82, 2.24) is 0 Å². The summed E-state index contributed by atoms with van der Waals surface area (Å²) in [7, 11) is 0. The van der Waals surface area contributed by atoms with Crippen LogP contribution in [0.15, 0.2) is 36.9 Å². The number of thiophene rings is 1. The average molecular weight is 257 g/mol. The van der Waals surface area contributed by atoms with E-state index in [1.807, 2.05) is 23.5 Å². The maximum absolute atomic E-state index is 5.87. The molecule has 0 aliphatic heterocycles. The maximum Gasteiger partial charge on any atom is 0.0353 e. The first kappa shape index (κ1) is 12.9. The minimum Gasteiger partial charge on any atom is -0.399 e. The van der Waals surface area contributed by atoms with Crippen LogP contribution in [0.4, 0.5) is 5.69 Å². The molecule has 1 heterocycles. The normalized spacial score (nSPS) is 13.2. The van der Waals surface area contributed by atoms with Gasteiger partial charge in [-0.05, 0) is 43.0 Å². The molecule has 2 aromatic rings. The Kier molecular flexibility index (Phi) is 3.87. The van der Waals surface area contributed by atoms with E-state index in [1.165, 1.54) is 20.5 Å². The molecule has 2 N–H and O–H groups in total. The summed E-state index contributed by atoms with van der Waals surface area (Å²) < 4.78 is 1.29. The van der Waals surface area contributed by atoms with E-state index in [0.29, 0.717) is 5.92 Å². The van der Waals surface area contributed by atoms with Crippen LogP contribution in [0.25, 0.3) is 16.2 Å². The van der Waals surface area contributed by atoms with Gasteiger partial charge in [0.25, 0.3) is 0 Å². The van der Waals surface area contributed by atoms with Gasteiger partial charge in [-0.15, -0.1) is 11.3 Å². The SMILES string of the molecule is C=Cc1c(C(C)CC=CC)sc2ccc(N)cc12. The first-order chi connectivity index (χ1) is 8.67. The second-order valence-corrected chi connectivity index (χ2v) is 5.63. The van der Waals surface area contributed by atoms with E-state index in [0.717, 1.165) is 12.1 Å². The molecule has 1 aromatic carbocycles. The van der Waals surface area contributed by atoms with Crippen molar-refractivity contribution >= 4 is 33.2 Å². The Hall–Kier alpha value is -1.54. The molecule has 2 rings (SSSR count). The lowest BCUT2D eigenvalue weighted by Crippen LogP contribution is -1.90. The molecule has 0 aliphatic carbocycles. The number of allylic oxidation sites excluding steroid dienone is 2. The summed E-state index contributed by atoms with van der Waals surface area (Å²) in [5.74, 6) is 0.521. The highest BCUT2D eigenvalue weighted by Gasteiger charge is 2.14. The molecule has 1 atom stereocenters. The van der Waals surface area contributed by atoms with Crippen molar-refractivity contribution in [3.8, 4) is 0 Å². The molecule has 0 amide bonds. The van der Waals surface area contributed by atoms with E-state index in [9.17, 15) is 0 Å². The smallest absolute Gasteiger partial charge is 0.0353 e. The van der Waals surface area contributed by atoms with Gasteiger partial charge in [0.15, 0.2) is 0 Å². The summed E-state index contributed by atoms with van der Waals surface area (Å²) in [6, 6.07) is 6.12. The molecule has 0 fully saturated rings. The second-order valence-electron chi connectivity index (χ2n) is 4.55. The van der Waals surface area contributed by atoms with Crippen LogP contribution >= 0.6 is 11.3 Å². The van der Waals surface area contributed by atoms with Crippen LogP contribution in [-0.2, 0) is 0 Å². The van der Waals surface area contributed by atoms with E-state index in [1.54, 1.807) is 0 Å². The number of hydrogen-bond donors (Lipinski definition) is 1. The predicted octanol–water partition coefficient (Wildman–Crippen LogP) is 5.20. The number of anilines is 1.